The van der Waals surface area contributed by atoms with Gasteiger partial charge < -0.3 is 33.8 Å². The zero-order valence-electron chi connectivity index (χ0n) is 60.9. The second-order valence-electron chi connectivity index (χ2n) is 28.6. The number of phosphoric ester groups is 2. The van der Waals surface area contributed by atoms with Gasteiger partial charge in [0.05, 0.1) is 26.4 Å². The molecule has 3 N–H and O–H groups in total. The van der Waals surface area contributed by atoms with Crippen LogP contribution in [0.1, 0.15) is 370 Å². The highest BCUT2D eigenvalue weighted by atomic mass is 31.2. The summed E-state index contributed by atoms with van der Waals surface area (Å²) in [5, 5.41) is 10.6. The first-order valence-electron chi connectivity index (χ1n) is 38.2. The molecule has 0 radical (unpaired) electrons. The largest absolute Gasteiger partial charge is 0.472 e. The van der Waals surface area contributed by atoms with Gasteiger partial charge in [0.1, 0.15) is 19.3 Å². The first-order chi connectivity index (χ1) is 44.6. The molecule has 5 atom stereocenters. The van der Waals surface area contributed by atoms with Gasteiger partial charge in [0.25, 0.3) is 0 Å². The number of hydrogen-bond donors (Lipinski definition) is 3. The number of rotatable bonds is 71. The maximum absolute atomic E-state index is 13.0. The summed E-state index contributed by atoms with van der Waals surface area (Å²) in [5.74, 6) is 0.840. The van der Waals surface area contributed by atoms with Crippen LogP contribution < -0.4 is 0 Å². The van der Waals surface area contributed by atoms with Gasteiger partial charge in [-0.2, -0.15) is 0 Å². The van der Waals surface area contributed by atoms with Crippen molar-refractivity contribution in [2.75, 3.05) is 39.6 Å². The Labute approximate surface area is 568 Å². The molecule has 0 amide bonds. The minimum absolute atomic E-state index is 0.103. The molecule has 0 aliphatic rings. The maximum atomic E-state index is 13.0. The quantitative estimate of drug-likeness (QED) is 0.0222. The summed E-state index contributed by atoms with van der Waals surface area (Å²) in [5.41, 5.74) is 0. The average Bonchev–Trinajstić information content (AvgIpc) is 3.05. The van der Waals surface area contributed by atoms with Crippen LogP contribution in [0.5, 0.6) is 0 Å². The fourth-order valence-corrected chi connectivity index (χ4v) is 12.8. The molecule has 0 aromatic heterocycles. The maximum Gasteiger partial charge on any atom is 0.472 e. The van der Waals surface area contributed by atoms with Crippen LogP contribution >= 0.6 is 15.6 Å². The highest BCUT2D eigenvalue weighted by Gasteiger charge is 2.30. The van der Waals surface area contributed by atoms with E-state index in [9.17, 15) is 43.2 Å². The molecule has 2 unspecified atom stereocenters. The monoisotopic (exact) mass is 1370 g/mol. The van der Waals surface area contributed by atoms with E-state index < -0.39 is 97.5 Å². The summed E-state index contributed by atoms with van der Waals surface area (Å²) in [7, 11) is -9.91. The van der Waals surface area contributed by atoms with Crippen molar-refractivity contribution in [3.8, 4) is 0 Å². The lowest BCUT2D eigenvalue weighted by Crippen LogP contribution is -2.30. The molecule has 0 aromatic rings. The predicted octanol–water partition coefficient (Wildman–Crippen LogP) is 21.3. The normalized spacial score (nSPS) is 14.2. The van der Waals surface area contributed by atoms with Crippen molar-refractivity contribution in [1.82, 2.24) is 0 Å². The van der Waals surface area contributed by atoms with Crippen molar-refractivity contribution in [2.45, 2.75) is 388 Å². The van der Waals surface area contributed by atoms with Crippen LogP contribution in [-0.2, 0) is 65.4 Å². The summed E-state index contributed by atoms with van der Waals surface area (Å²) in [4.78, 5) is 72.6. The number of carbonyl (C=O) groups excluding carboxylic acids is 4. The van der Waals surface area contributed by atoms with Crippen molar-refractivity contribution in [2.24, 2.45) is 23.7 Å². The van der Waals surface area contributed by atoms with E-state index in [0.717, 1.165) is 108 Å². The number of unbranched alkanes of at least 4 members (excludes halogenated alkanes) is 37. The SMILES string of the molecule is CC(C)CCCCCCCCCCCCCCCCCC(=O)OC[C@H](COP(=O)(O)OC[C@@H](O)COP(=O)(O)OC[C@@H](COC(=O)CCCCCCCCC(C)C)OC(=O)CCCCCCCCCCCCCCCC(C)C)OC(=O)CCCCCCCCCC(C)C. The molecule has 0 aliphatic heterocycles. The molecule has 17 nitrogen and oxygen atoms in total. The molecule has 0 rings (SSSR count). The van der Waals surface area contributed by atoms with Gasteiger partial charge in [-0.1, -0.05) is 319 Å². The van der Waals surface area contributed by atoms with Gasteiger partial charge in [0.15, 0.2) is 12.2 Å². The fraction of sp³-hybridized carbons (Fsp3) is 0.946. The number of aliphatic hydroxyl groups excluding tert-OH is 1. The Bertz CT molecular complexity index is 1830. The molecular formula is C74H144O17P2. The Hall–Kier alpha value is -1.94. The summed E-state index contributed by atoms with van der Waals surface area (Å²) in [6, 6.07) is 0. The zero-order chi connectivity index (χ0) is 68.9. The second-order valence-corrected chi connectivity index (χ2v) is 31.5. The van der Waals surface area contributed by atoms with Crippen molar-refractivity contribution in [3.05, 3.63) is 0 Å². The Balaban J connectivity index is 5.17. The lowest BCUT2D eigenvalue weighted by atomic mass is 10.0. The number of aliphatic hydroxyl groups is 1. The van der Waals surface area contributed by atoms with E-state index >= 15 is 0 Å². The van der Waals surface area contributed by atoms with Gasteiger partial charge in [-0.3, -0.25) is 37.3 Å². The molecule has 19 heteroatoms. The summed E-state index contributed by atoms with van der Waals surface area (Å²) < 4.78 is 68.4. The first kappa shape index (κ1) is 91.1. The molecule has 0 saturated heterocycles. The fourth-order valence-electron chi connectivity index (χ4n) is 11.2. The number of esters is 4. The summed E-state index contributed by atoms with van der Waals surface area (Å²) in [6.45, 7) is 14.1. The van der Waals surface area contributed by atoms with E-state index in [1.54, 1.807) is 0 Å². The minimum atomic E-state index is -4.95. The molecule has 0 bridgehead atoms. The van der Waals surface area contributed by atoms with E-state index in [4.69, 9.17) is 37.0 Å². The van der Waals surface area contributed by atoms with Crippen LogP contribution in [0.15, 0.2) is 0 Å². The summed E-state index contributed by atoms with van der Waals surface area (Å²) >= 11 is 0. The van der Waals surface area contributed by atoms with Crippen molar-refractivity contribution in [3.63, 3.8) is 0 Å². The van der Waals surface area contributed by atoms with Gasteiger partial charge >= 0.3 is 39.5 Å². The highest BCUT2D eigenvalue weighted by molar-refractivity contribution is 7.47. The minimum Gasteiger partial charge on any atom is -0.462 e. The first-order valence-corrected chi connectivity index (χ1v) is 41.2. The molecule has 552 valence electrons. The predicted molar refractivity (Wildman–Crippen MR) is 377 cm³/mol. The number of carbonyl (C=O) groups is 4. The Morgan fingerprint density at radius 1 is 0.269 bits per heavy atom. The van der Waals surface area contributed by atoms with Crippen LogP contribution in [-0.4, -0.2) is 96.7 Å². The average molecular weight is 1370 g/mol. The standard InChI is InChI=1S/C74H144O17P2/c1-64(2)50-42-34-26-21-17-13-10-9-11-15-19-23-29-38-46-54-71(76)84-60-69(91-74(79)57-49-41-31-25-28-36-44-52-66(5)6)62-88-92(80,81)86-58-68(75)59-87-93(82,83)89-63-70(61-85-72(77)55-47-39-33-32-37-45-53-67(7)8)90-73(78)56-48-40-30-24-20-16-12-14-18-22-27-35-43-51-65(3)4/h64-70,75H,9-63H2,1-8H3,(H,80,81)(H,82,83)/t68-,69-,70-/m1/s1. The van der Waals surface area contributed by atoms with Gasteiger partial charge in [0.2, 0.25) is 0 Å². The molecule has 0 fully saturated rings. The third kappa shape index (κ3) is 68.4. The Kier molecular flexibility index (Phi) is 62.2. The van der Waals surface area contributed by atoms with Crippen LogP contribution in [0.25, 0.3) is 0 Å². The van der Waals surface area contributed by atoms with Crippen molar-refractivity contribution >= 4 is 39.5 Å². The Morgan fingerprint density at radius 3 is 0.667 bits per heavy atom. The molecule has 0 spiro atoms. The van der Waals surface area contributed by atoms with Crippen LogP contribution in [0.3, 0.4) is 0 Å². The van der Waals surface area contributed by atoms with Gasteiger partial charge in [-0.25, -0.2) is 9.13 Å². The second kappa shape index (κ2) is 63.5. The van der Waals surface area contributed by atoms with E-state index in [0.29, 0.717) is 37.5 Å². The topological polar surface area (TPSA) is 237 Å². The van der Waals surface area contributed by atoms with Crippen LogP contribution in [0, 0.1) is 23.7 Å². The summed E-state index contributed by atoms with van der Waals surface area (Å²) in [6.07, 6.45) is 47.5. The zero-order valence-corrected chi connectivity index (χ0v) is 62.7. The van der Waals surface area contributed by atoms with Gasteiger partial charge in [-0.15, -0.1) is 0 Å². The number of hydrogen-bond acceptors (Lipinski definition) is 15. The molecule has 93 heavy (non-hydrogen) atoms. The number of phosphoric acid groups is 2. The lowest BCUT2D eigenvalue weighted by molar-refractivity contribution is -0.161. The molecule has 0 aliphatic carbocycles. The van der Waals surface area contributed by atoms with Gasteiger partial charge in [-0.05, 0) is 49.4 Å². The molecule has 0 heterocycles. The van der Waals surface area contributed by atoms with Gasteiger partial charge in [0, 0.05) is 25.7 Å². The molecule has 0 aromatic carbocycles. The number of ether oxygens (including phenoxy) is 4. The lowest BCUT2D eigenvalue weighted by Gasteiger charge is -2.21. The van der Waals surface area contributed by atoms with Crippen LogP contribution in [0.2, 0.25) is 0 Å². The van der Waals surface area contributed by atoms with Crippen molar-refractivity contribution < 1.29 is 80.2 Å². The van der Waals surface area contributed by atoms with E-state index in [-0.39, 0.29) is 25.7 Å². The smallest absolute Gasteiger partial charge is 0.462 e. The molecule has 0 saturated carbocycles. The molecular weight excluding hydrogens is 1220 g/mol. The third-order valence-electron chi connectivity index (χ3n) is 17.1. The third-order valence-corrected chi connectivity index (χ3v) is 19.0. The van der Waals surface area contributed by atoms with E-state index in [1.807, 2.05) is 0 Å². The van der Waals surface area contributed by atoms with E-state index in [1.165, 1.54) is 167 Å². The van der Waals surface area contributed by atoms with E-state index in [2.05, 4.69) is 55.4 Å². The Morgan fingerprint density at radius 2 is 0.452 bits per heavy atom. The highest BCUT2D eigenvalue weighted by Crippen LogP contribution is 2.45. The van der Waals surface area contributed by atoms with Crippen molar-refractivity contribution in [1.29, 1.82) is 0 Å². The van der Waals surface area contributed by atoms with Crippen LogP contribution in [0.4, 0.5) is 0 Å².